The minimum atomic E-state index is -1.09. The molecule has 3 rings (SSSR count). The lowest BCUT2D eigenvalue weighted by Gasteiger charge is -2.19. The van der Waals surface area contributed by atoms with E-state index in [1.807, 2.05) is 0 Å². The van der Waals surface area contributed by atoms with E-state index in [2.05, 4.69) is 26.6 Å². The smallest absolute Gasteiger partial charge is 0.409 e. The molecule has 0 unspecified atom stereocenters. The Labute approximate surface area is 335 Å². The van der Waals surface area contributed by atoms with E-state index < -0.39 is 54.8 Å². The van der Waals surface area contributed by atoms with Gasteiger partial charge in [0.25, 0.3) is 11.8 Å². The molecule has 1 heterocycles. The van der Waals surface area contributed by atoms with Crippen LogP contribution in [0.1, 0.15) is 43.2 Å². The van der Waals surface area contributed by atoms with E-state index in [1.54, 1.807) is 61.6 Å². The zero-order chi connectivity index (χ0) is 42.3. The molecule has 58 heavy (non-hydrogen) atoms. The predicted molar refractivity (Wildman–Crippen MR) is 208 cm³/mol. The molecule has 7 N–H and O–H groups in total. The summed E-state index contributed by atoms with van der Waals surface area (Å²) >= 11 is 0. The minimum Gasteiger partial charge on any atom is -0.445 e. The fourth-order valence-corrected chi connectivity index (χ4v) is 5.20. The summed E-state index contributed by atoms with van der Waals surface area (Å²) in [6.45, 7) is -0.401. The molecule has 0 aliphatic carbocycles. The molecule has 2 aromatic rings. The molecule has 0 bridgehead atoms. The number of imide groups is 1. The van der Waals surface area contributed by atoms with Gasteiger partial charge in [-0.3, -0.25) is 43.3 Å². The maximum atomic E-state index is 13.2. The summed E-state index contributed by atoms with van der Waals surface area (Å²) in [5.41, 5.74) is 6.86. The fraction of sp³-hybridized carbons (Fsp3) is 0.410. The van der Waals surface area contributed by atoms with Crippen LogP contribution in [0.2, 0.25) is 0 Å². The third-order valence-corrected chi connectivity index (χ3v) is 8.41. The summed E-state index contributed by atoms with van der Waals surface area (Å²) in [6.07, 6.45) is 3.78. The van der Waals surface area contributed by atoms with Crippen molar-refractivity contribution in [2.24, 2.45) is 5.73 Å². The van der Waals surface area contributed by atoms with Crippen LogP contribution < -0.4 is 32.3 Å². The molecule has 312 valence electrons. The average molecular weight is 807 g/mol. The summed E-state index contributed by atoms with van der Waals surface area (Å²) in [4.78, 5) is 112. The molecule has 0 spiro atoms. The standard InChI is InChI=1S/C39H50N8O11/c1-46(19-21-57-20-17-31(40)48)39(56)58-26-28-11-13-29(14-12-28)44-34(51)25-43-38(55)30(22-27-8-4-2-5-9-27)45-35(52)24-42-33(50)23-41-32(49)10-6-3-7-18-47-36(53)15-16-37(47)54/h2,4-5,8-9,11-16,30H,3,6-7,10,17-26H2,1H3,(H2,40,48)(H,41,49)(H,42,50)(H,43,55)(H,44,51)(H,45,52)/t30-/m0/s1. The van der Waals surface area contributed by atoms with Crippen LogP contribution in [0, 0.1) is 0 Å². The maximum Gasteiger partial charge on any atom is 0.409 e. The highest BCUT2D eigenvalue weighted by molar-refractivity contribution is 6.12. The number of primary amides is 1. The summed E-state index contributed by atoms with van der Waals surface area (Å²) in [5, 5.41) is 12.6. The number of anilines is 1. The lowest BCUT2D eigenvalue weighted by atomic mass is 10.1. The molecular formula is C39H50N8O11. The number of hydrogen-bond acceptors (Lipinski definition) is 11. The van der Waals surface area contributed by atoms with Crippen LogP contribution in [0.5, 0.6) is 0 Å². The molecule has 0 saturated carbocycles. The number of carbonyl (C=O) groups excluding carboxylic acids is 9. The Morgan fingerprint density at radius 2 is 1.38 bits per heavy atom. The van der Waals surface area contributed by atoms with Crippen molar-refractivity contribution in [2.75, 3.05) is 58.3 Å². The normalized spacial score (nSPS) is 12.3. The molecule has 9 amide bonds. The topological polar surface area (TPSA) is 265 Å². The molecule has 2 aromatic carbocycles. The molecule has 1 aliphatic rings. The molecule has 0 fully saturated rings. The predicted octanol–water partition coefficient (Wildman–Crippen LogP) is -0.353. The second-order valence-electron chi connectivity index (χ2n) is 13.1. The first-order valence-electron chi connectivity index (χ1n) is 18.6. The van der Waals surface area contributed by atoms with E-state index in [9.17, 15) is 43.2 Å². The van der Waals surface area contributed by atoms with Gasteiger partial charge in [0.05, 0.1) is 32.8 Å². The van der Waals surface area contributed by atoms with Gasteiger partial charge < -0.3 is 46.7 Å². The van der Waals surface area contributed by atoms with Gasteiger partial charge in [0.1, 0.15) is 12.6 Å². The number of ether oxygens (including phenoxy) is 2. The zero-order valence-electron chi connectivity index (χ0n) is 32.3. The van der Waals surface area contributed by atoms with Crippen LogP contribution in [-0.2, 0) is 60.9 Å². The lowest BCUT2D eigenvalue weighted by Crippen LogP contribution is -2.52. The van der Waals surface area contributed by atoms with Gasteiger partial charge in [-0.15, -0.1) is 0 Å². The van der Waals surface area contributed by atoms with E-state index >= 15 is 0 Å². The number of benzene rings is 2. The summed E-state index contributed by atoms with van der Waals surface area (Å²) in [7, 11) is 1.54. The van der Waals surface area contributed by atoms with Crippen molar-refractivity contribution in [1.82, 2.24) is 31.1 Å². The van der Waals surface area contributed by atoms with Gasteiger partial charge in [-0.2, -0.15) is 0 Å². The Morgan fingerprint density at radius 1 is 0.724 bits per heavy atom. The maximum absolute atomic E-state index is 13.2. The van der Waals surface area contributed by atoms with Crippen LogP contribution in [0.15, 0.2) is 66.7 Å². The molecular weight excluding hydrogens is 756 g/mol. The second-order valence-corrected chi connectivity index (χ2v) is 13.1. The highest BCUT2D eigenvalue weighted by Crippen LogP contribution is 2.12. The first-order chi connectivity index (χ1) is 27.8. The number of likely N-dealkylation sites (N-methyl/N-ethyl adjacent to an activating group) is 1. The summed E-state index contributed by atoms with van der Waals surface area (Å²) in [6, 6.07) is 14.3. The van der Waals surface area contributed by atoms with E-state index in [1.165, 1.54) is 17.1 Å². The number of rotatable bonds is 25. The number of nitrogens with two attached hydrogens (primary N) is 1. The van der Waals surface area contributed by atoms with E-state index in [0.29, 0.717) is 30.5 Å². The number of hydrogen-bond donors (Lipinski definition) is 6. The Balaban J connectivity index is 1.36. The third-order valence-electron chi connectivity index (χ3n) is 8.41. The Morgan fingerprint density at radius 3 is 2.07 bits per heavy atom. The van der Waals surface area contributed by atoms with Crippen molar-refractivity contribution in [1.29, 1.82) is 0 Å². The van der Waals surface area contributed by atoms with Crippen LogP contribution in [-0.4, -0.2) is 122 Å². The molecule has 0 radical (unpaired) electrons. The SMILES string of the molecule is CN(CCOCCC(N)=O)C(=O)OCc1ccc(NC(=O)CNC(=O)[C@H](Cc2ccccc2)NC(=O)CNC(=O)CNC(=O)CCCCCN2C(=O)C=CC2=O)cc1. The minimum absolute atomic E-state index is 0.0269. The Bertz CT molecular complexity index is 1770. The van der Waals surface area contributed by atoms with E-state index in [0.717, 1.165) is 10.5 Å². The van der Waals surface area contributed by atoms with Crippen molar-refractivity contribution < 1.29 is 52.6 Å². The average Bonchev–Trinajstić information content (AvgIpc) is 3.53. The largest absolute Gasteiger partial charge is 0.445 e. The molecule has 1 aliphatic heterocycles. The van der Waals surface area contributed by atoms with Gasteiger partial charge in [-0.25, -0.2) is 4.79 Å². The van der Waals surface area contributed by atoms with E-state index in [4.69, 9.17) is 15.2 Å². The molecule has 0 aromatic heterocycles. The fourth-order valence-electron chi connectivity index (χ4n) is 5.20. The highest BCUT2D eigenvalue weighted by atomic mass is 16.6. The monoisotopic (exact) mass is 806 g/mol. The number of carbonyl (C=O) groups is 9. The third kappa shape index (κ3) is 17.9. The van der Waals surface area contributed by atoms with Crippen molar-refractivity contribution >= 4 is 59.0 Å². The van der Waals surface area contributed by atoms with Crippen LogP contribution in [0.3, 0.4) is 0 Å². The summed E-state index contributed by atoms with van der Waals surface area (Å²) < 4.78 is 10.5. The number of nitrogens with zero attached hydrogens (tertiary/aromatic N) is 2. The molecule has 19 nitrogen and oxygen atoms in total. The number of unbranched alkanes of at least 4 members (excludes halogenated alkanes) is 2. The molecule has 19 heteroatoms. The van der Waals surface area contributed by atoms with Crippen molar-refractivity contribution in [3.63, 3.8) is 0 Å². The molecule has 0 saturated heterocycles. The Hall–Kier alpha value is -6.63. The lowest BCUT2D eigenvalue weighted by molar-refractivity contribution is -0.137. The van der Waals surface area contributed by atoms with Gasteiger partial charge in [0.2, 0.25) is 35.4 Å². The highest BCUT2D eigenvalue weighted by Gasteiger charge is 2.23. The van der Waals surface area contributed by atoms with Crippen molar-refractivity contribution in [2.45, 2.75) is 51.2 Å². The second kappa shape index (κ2) is 24.8. The van der Waals surface area contributed by atoms with Crippen LogP contribution >= 0.6 is 0 Å². The van der Waals surface area contributed by atoms with Crippen LogP contribution in [0.25, 0.3) is 0 Å². The zero-order valence-corrected chi connectivity index (χ0v) is 32.3. The van der Waals surface area contributed by atoms with Gasteiger partial charge >= 0.3 is 6.09 Å². The van der Waals surface area contributed by atoms with Crippen molar-refractivity contribution in [3.8, 4) is 0 Å². The number of amides is 9. The number of nitrogens with one attached hydrogen (secondary N) is 5. The Kier molecular flexibility index (Phi) is 19.6. The van der Waals surface area contributed by atoms with Gasteiger partial charge in [0.15, 0.2) is 0 Å². The van der Waals surface area contributed by atoms with Gasteiger partial charge in [-0.05, 0) is 36.1 Å². The first-order valence-corrected chi connectivity index (χ1v) is 18.6. The molecule has 1 atom stereocenters. The quantitative estimate of drug-likeness (QED) is 0.0558. The van der Waals surface area contributed by atoms with Crippen LogP contribution in [0.4, 0.5) is 10.5 Å². The van der Waals surface area contributed by atoms with Gasteiger partial charge in [0, 0.05) is 57.2 Å². The first kappa shape index (κ1) is 45.8. The van der Waals surface area contributed by atoms with E-state index in [-0.39, 0.29) is 76.4 Å². The van der Waals surface area contributed by atoms with Crippen molar-refractivity contribution in [3.05, 3.63) is 77.9 Å². The summed E-state index contributed by atoms with van der Waals surface area (Å²) in [5.74, 6) is -4.05. The van der Waals surface area contributed by atoms with Gasteiger partial charge in [-0.1, -0.05) is 48.9 Å².